The predicted octanol–water partition coefficient (Wildman–Crippen LogP) is 1.32. The molecule has 5 nitrogen and oxygen atoms in total. The SMILES string of the molecule is CN(C)CCn1c2c(c3ncncc31)OCCC2. The van der Waals surface area contributed by atoms with E-state index in [2.05, 4.69) is 33.5 Å². The van der Waals surface area contributed by atoms with E-state index in [-0.39, 0.29) is 0 Å². The van der Waals surface area contributed by atoms with Crippen LogP contribution in [-0.4, -0.2) is 46.7 Å². The molecule has 0 unspecified atom stereocenters. The lowest BCUT2D eigenvalue weighted by atomic mass is 10.2. The number of fused-ring (bicyclic) bond motifs is 3. The Hall–Kier alpha value is -1.62. The molecule has 0 atom stereocenters. The van der Waals surface area contributed by atoms with Gasteiger partial charge in [-0.05, 0) is 26.9 Å². The molecular formula is C13H18N4O. The van der Waals surface area contributed by atoms with Gasteiger partial charge in [0.1, 0.15) is 11.8 Å². The molecule has 0 spiro atoms. The molecule has 0 radical (unpaired) electrons. The third-order valence-corrected chi connectivity index (χ3v) is 3.36. The van der Waals surface area contributed by atoms with Crippen molar-refractivity contribution >= 4 is 11.0 Å². The number of aromatic nitrogens is 3. The fourth-order valence-corrected chi connectivity index (χ4v) is 2.47. The first-order valence-corrected chi connectivity index (χ1v) is 6.36. The van der Waals surface area contributed by atoms with Crippen molar-refractivity contribution in [1.82, 2.24) is 19.4 Å². The van der Waals surface area contributed by atoms with E-state index in [1.807, 2.05) is 6.20 Å². The normalized spacial score (nSPS) is 14.8. The maximum absolute atomic E-state index is 5.80. The Labute approximate surface area is 106 Å². The summed E-state index contributed by atoms with van der Waals surface area (Å²) in [7, 11) is 4.18. The van der Waals surface area contributed by atoms with Crippen LogP contribution in [0.3, 0.4) is 0 Å². The summed E-state index contributed by atoms with van der Waals surface area (Å²) in [6.45, 7) is 2.75. The van der Waals surface area contributed by atoms with E-state index in [0.717, 1.165) is 49.3 Å². The molecule has 1 aliphatic rings. The minimum absolute atomic E-state index is 0.795. The fraction of sp³-hybridized carbons (Fsp3) is 0.538. The van der Waals surface area contributed by atoms with Crippen LogP contribution >= 0.6 is 0 Å². The highest BCUT2D eigenvalue weighted by atomic mass is 16.5. The van der Waals surface area contributed by atoms with Crippen LogP contribution in [0, 0.1) is 0 Å². The quantitative estimate of drug-likeness (QED) is 0.819. The largest absolute Gasteiger partial charge is 0.489 e. The molecule has 0 N–H and O–H groups in total. The van der Waals surface area contributed by atoms with Crippen LogP contribution in [0.15, 0.2) is 12.5 Å². The number of hydrogen-bond acceptors (Lipinski definition) is 4. The van der Waals surface area contributed by atoms with Crippen molar-refractivity contribution in [2.75, 3.05) is 27.2 Å². The summed E-state index contributed by atoms with van der Waals surface area (Å²) in [6.07, 6.45) is 5.63. The van der Waals surface area contributed by atoms with Gasteiger partial charge in [-0.2, -0.15) is 0 Å². The Morgan fingerprint density at radius 1 is 1.44 bits per heavy atom. The maximum atomic E-state index is 5.80. The minimum atomic E-state index is 0.795. The van der Waals surface area contributed by atoms with E-state index in [0.29, 0.717) is 0 Å². The van der Waals surface area contributed by atoms with Gasteiger partial charge in [-0.25, -0.2) is 9.97 Å². The molecule has 18 heavy (non-hydrogen) atoms. The van der Waals surface area contributed by atoms with Gasteiger partial charge in [0.2, 0.25) is 0 Å². The average Bonchev–Trinajstić information content (AvgIpc) is 2.71. The van der Waals surface area contributed by atoms with Crippen LogP contribution in [0.4, 0.5) is 0 Å². The van der Waals surface area contributed by atoms with Crippen molar-refractivity contribution in [1.29, 1.82) is 0 Å². The number of ether oxygens (including phenoxy) is 1. The summed E-state index contributed by atoms with van der Waals surface area (Å²) in [4.78, 5) is 10.7. The Kier molecular flexibility index (Phi) is 2.91. The van der Waals surface area contributed by atoms with E-state index < -0.39 is 0 Å². The standard InChI is InChI=1S/C13H18N4O/c1-16(2)5-6-17-10-4-3-7-18-13(10)12-11(17)8-14-9-15-12/h8-9H,3-7H2,1-2H3. The maximum Gasteiger partial charge on any atom is 0.166 e. The van der Waals surface area contributed by atoms with Crippen molar-refractivity contribution in [2.24, 2.45) is 0 Å². The minimum Gasteiger partial charge on any atom is -0.489 e. The zero-order valence-electron chi connectivity index (χ0n) is 10.9. The van der Waals surface area contributed by atoms with Gasteiger partial charge < -0.3 is 14.2 Å². The Morgan fingerprint density at radius 2 is 2.33 bits per heavy atom. The monoisotopic (exact) mass is 246 g/mol. The predicted molar refractivity (Wildman–Crippen MR) is 69.9 cm³/mol. The molecular weight excluding hydrogens is 228 g/mol. The van der Waals surface area contributed by atoms with Gasteiger partial charge in [-0.3, -0.25) is 0 Å². The van der Waals surface area contributed by atoms with Crippen molar-refractivity contribution in [2.45, 2.75) is 19.4 Å². The van der Waals surface area contributed by atoms with Crippen molar-refractivity contribution in [3.8, 4) is 5.75 Å². The molecule has 2 aromatic rings. The van der Waals surface area contributed by atoms with Gasteiger partial charge in [-0.15, -0.1) is 0 Å². The van der Waals surface area contributed by atoms with E-state index >= 15 is 0 Å². The molecule has 1 aliphatic heterocycles. The fourth-order valence-electron chi connectivity index (χ4n) is 2.47. The van der Waals surface area contributed by atoms with Gasteiger partial charge in [0.05, 0.1) is 24.0 Å². The third kappa shape index (κ3) is 1.84. The summed E-state index contributed by atoms with van der Waals surface area (Å²) >= 11 is 0. The second kappa shape index (κ2) is 4.57. The highest BCUT2D eigenvalue weighted by Crippen LogP contribution is 2.34. The smallest absolute Gasteiger partial charge is 0.166 e. The van der Waals surface area contributed by atoms with Crippen LogP contribution in [0.5, 0.6) is 5.75 Å². The van der Waals surface area contributed by atoms with Gasteiger partial charge in [0.15, 0.2) is 5.75 Å². The van der Waals surface area contributed by atoms with E-state index in [9.17, 15) is 0 Å². The van der Waals surface area contributed by atoms with Crippen LogP contribution in [0.1, 0.15) is 12.1 Å². The van der Waals surface area contributed by atoms with E-state index in [1.165, 1.54) is 5.69 Å². The summed E-state index contributed by atoms with van der Waals surface area (Å²) in [5.74, 6) is 0.970. The molecule has 3 rings (SSSR count). The number of likely N-dealkylation sites (N-methyl/N-ethyl adjacent to an activating group) is 1. The van der Waals surface area contributed by atoms with E-state index in [1.54, 1.807) is 6.33 Å². The molecule has 0 saturated carbocycles. The highest BCUT2D eigenvalue weighted by molar-refractivity contribution is 5.84. The first kappa shape index (κ1) is 11.5. The average molecular weight is 246 g/mol. The molecule has 0 fully saturated rings. The zero-order chi connectivity index (χ0) is 12.5. The molecule has 96 valence electrons. The number of nitrogens with zero attached hydrogens (tertiary/aromatic N) is 4. The lowest BCUT2D eigenvalue weighted by molar-refractivity contribution is 0.284. The molecule has 0 aromatic carbocycles. The second-order valence-electron chi connectivity index (χ2n) is 4.94. The number of rotatable bonds is 3. The summed E-state index contributed by atoms with van der Waals surface area (Å²) in [5, 5.41) is 0. The Bertz CT molecular complexity index is 561. The summed E-state index contributed by atoms with van der Waals surface area (Å²) in [5.41, 5.74) is 3.32. The third-order valence-electron chi connectivity index (χ3n) is 3.36. The van der Waals surface area contributed by atoms with Crippen LogP contribution in [0.25, 0.3) is 11.0 Å². The summed E-state index contributed by atoms with van der Waals surface area (Å²) < 4.78 is 8.11. The number of hydrogen-bond donors (Lipinski definition) is 0. The Morgan fingerprint density at radius 3 is 3.17 bits per heavy atom. The van der Waals surface area contributed by atoms with Gasteiger partial charge in [-0.1, -0.05) is 0 Å². The van der Waals surface area contributed by atoms with Crippen LogP contribution in [0.2, 0.25) is 0 Å². The van der Waals surface area contributed by atoms with Crippen molar-refractivity contribution < 1.29 is 4.74 Å². The van der Waals surface area contributed by atoms with Gasteiger partial charge in [0.25, 0.3) is 0 Å². The lowest BCUT2D eigenvalue weighted by Gasteiger charge is -2.17. The molecule has 0 aliphatic carbocycles. The van der Waals surface area contributed by atoms with E-state index in [4.69, 9.17) is 4.74 Å². The molecule has 2 aromatic heterocycles. The molecule has 5 heteroatoms. The molecule has 3 heterocycles. The van der Waals surface area contributed by atoms with Crippen molar-refractivity contribution in [3.63, 3.8) is 0 Å². The highest BCUT2D eigenvalue weighted by Gasteiger charge is 2.22. The Balaban J connectivity index is 2.10. The van der Waals surface area contributed by atoms with Crippen molar-refractivity contribution in [3.05, 3.63) is 18.2 Å². The molecule has 0 saturated heterocycles. The summed E-state index contributed by atoms with van der Waals surface area (Å²) in [6, 6.07) is 0. The topological polar surface area (TPSA) is 43.2 Å². The molecule has 0 bridgehead atoms. The zero-order valence-corrected chi connectivity index (χ0v) is 10.9. The van der Waals surface area contributed by atoms with Crippen LogP contribution in [-0.2, 0) is 13.0 Å². The van der Waals surface area contributed by atoms with Gasteiger partial charge in [0, 0.05) is 13.1 Å². The lowest BCUT2D eigenvalue weighted by Crippen LogP contribution is -2.20. The first-order chi connectivity index (χ1) is 8.77. The van der Waals surface area contributed by atoms with Crippen LogP contribution < -0.4 is 4.74 Å². The molecule has 0 amide bonds. The second-order valence-corrected chi connectivity index (χ2v) is 4.94. The van der Waals surface area contributed by atoms with Gasteiger partial charge >= 0.3 is 0 Å². The first-order valence-electron chi connectivity index (χ1n) is 6.36.